The number of aliphatic hydroxyl groups excluding tert-OH is 1. The van der Waals surface area contributed by atoms with E-state index in [9.17, 15) is 5.11 Å². The van der Waals surface area contributed by atoms with Crippen molar-refractivity contribution in [1.82, 2.24) is 0 Å². The topological polar surface area (TPSA) is 32.3 Å². The zero-order valence-electron chi connectivity index (χ0n) is 12.6. The minimum Gasteiger partial charge on any atom is -0.394 e. The van der Waals surface area contributed by atoms with E-state index in [4.69, 9.17) is 0 Å². The number of anilines is 1. The van der Waals surface area contributed by atoms with Gasteiger partial charge in [0.15, 0.2) is 0 Å². The fourth-order valence-corrected chi connectivity index (χ4v) is 4.15. The molecule has 0 radical (unpaired) electrons. The second-order valence-electron chi connectivity index (χ2n) is 7.14. The van der Waals surface area contributed by atoms with Gasteiger partial charge in [-0.3, -0.25) is 0 Å². The molecule has 20 heavy (non-hydrogen) atoms. The summed E-state index contributed by atoms with van der Waals surface area (Å²) in [6, 6.07) is 8.53. The Bertz CT molecular complexity index is 435. The van der Waals surface area contributed by atoms with Crippen LogP contribution in [-0.2, 0) is 0 Å². The third kappa shape index (κ3) is 2.71. The van der Waals surface area contributed by atoms with Gasteiger partial charge in [0.25, 0.3) is 0 Å². The molecular formula is C18H27NO. The van der Waals surface area contributed by atoms with Gasteiger partial charge in [-0.05, 0) is 63.0 Å². The van der Waals surface area contributed by atoms with Crippen LogP contribution in [0.4, 0.5) is 5.69 Å². The normalized spacial score (nSPS) is 23.9. The second kappa shape index (κ2) is 5.40. The number of benzene rings is 1. The van der Waals surface area contributed by atoms with Crippen LogP contribution in [0.25, 0.3) is 0 Å². The largest absolute Gasteiger partial charge is 0.394 e. The zero-order chi connectivity index (χ0) is 14.1. The van der Waals surface area contributed by atoms with Crippen LogP contribution in [0, 0.1) is 12.3 Å². The summed E-state index contributed by atoms with van der Waals surface area (Å²) in [5.41, 5.74) is 2.95. The molecule has 3 rings (SSSR count). The molecule has 1 aromatic carbocycles. The molecule has 2 fully saturated rings. The van der Waals surface area contributed by atoms with E-state index in [1.807, 2.05) is 0 Å². The molecule has 2 N–H and O–H groups in total. The quantitative estimate of drug-likeness (QED) is 0.862. The standard InChI is InChI=1S/C18H27NO/c1-15-4-6-16(7-5-15)19-18(14-20)12-10-17(11-13-18)8-2-3-9-17/h4-7,19-20H,2-3,8-14H2,1H3. The lowest BCUT2D eigenvalue weighted by atomic mass is 9.66. The van der Waals surface area contributed by atoms with Crippen molar-refractivity contribution in [3.63, 3.8) is 0 Å². The summed E-state index contributed by atoms with van der Waals surface area (Å²) >= 11 is 0. The van der Waals surface area contributed by atoms with Gasteiger partial charge >= 0.3 is 0 Å². The lowest BCUT2D eigenvalue weighted by Crippen LogP contribution is -2.47. The number of rotatable bonds is 3. The Morgan fingerprint density at radius 2 is 1.55 bits per heavy atom. The fourth-order valence-electron chi connectivity index (χ4n) is 4.15. The van der Waals surface area contributed by atoms with E-state index in [1.165, 1.54) is 44.1 Å². The van der Waals surface area contributed by atoms with Gasteiger partial charge in [-0.25, -0.2) is 0 Å². The van der Waals surface area contributed by atoms with E-state index < -0.39 is 0 Å². The molecule has 0 aliphatic heterocycles. The molecule has 0 heterocycles. The minimum atomic E-state index is -0.0941. The van der Waals surface area contributed by atoms with Gasteiger partial charge in [0, 0.05) is 5.69 Å². The van der Waals surface area contributed by atoms with E-state index in [0.717, 1.165) is 18.5 Å². The predicted molar refractivity (Wildman–Crippen MR) is 84.0 cm³/mol. The Morgan fingerprint density at radius 3 is 2.10 bits per heavy atom. The maximum absolute atomic E-state index is 9.93. The van der Waals surface area contributed by atoms with Crippen LogP contribution in [0.2, 0.25) is 0 Å². The highest BCUT2D eigenvalue weighted by atomic mass is 16.3. The smallest absolute Gasteiger partial charge is 0.0661 e. The Hall–Kier alpha value is -1.02. The van der Waals surface area contributed by atoms with Gasteiger partial charge in [0.2, 0.25) is 0 Å². The number of hydrogen-bond acceptors (Lipinski definition) is 2. The van der Waals surface area contributed by atoms with E-state index >= 15 is 0 Å². The van der Waals surface area contributed by atoms with E-state index in [1.54, 1.807) is 0 Å². The summed E-state index contributed by atoms with van der Waals surface area (Å²) in [5.74, 6) is 0. The third-order valence-electron chi connectivity index (χ3n) is 5.70. The van der Waals surface area contributed by atoms with Crippen molar-refractivity contribution in [2.24, 2.45) is 5.41 Å². The van der Waals surface area contributed by atoms with Crippen LogP contribution >= 0.6 is 0 Å². The molecule has 0 bridgehead atoms. The molecule has 1 spiro atoms. The molecular weight excluding hydrogens is 246 g/mol. The summed E-state index contributed by atoms with van der Waals surface area (Å²) < 4.78 is 0. The number of aliphatic hydroxyl groups is 1. The van der Waals surface area contributed by atoms with E-state index in [0.29, 0.717) is 5.41 Å². The molecule has 2 heteroatoms. The molecule has 0 aromatic heterocycles. The van der Waals surface area contributed by atoms with Gasteiger partial charge in [0.05, 0.1) is 12.1 Å². The second-order valence-corrected chi connectivity index (χ2v) is 7.14. The van der Waals surface area contributed by atoms with Gasteiger partial charge in [-0.15, -0.1) is 0 Å². The molecule has 2 aliphatic rings. The average molecular weight is 273 g/mol. The van der Waals surface area contributed by atoms with Crippen LogP contribution in [-0.4, -0.2) is 17.3 Å². The van der Waals surface area contributed by atoms with Crippen molar-refractivity contribution in [1.29, 1.82) is 0 Å². The fraction of sp³-hybridized carbons (Fsp3) is 0.667. The Balaban J connectivity index is 1.68. The first kappa shape index (κ1) is 13.9. The molecule has 2 aliphatic carbocycles. The number of hydrogen-bond donors (Lipinski definition) is 2. The van der Waals surface area contributed by atoms with Gasteiger partial charge < -0.3 is 10.4 Å². The van der Waals surface area contributed by atoms with Crippen LogP contribution < -0.4 is 5.32 Å². The van der Waals surface area contributed by atoms with Crippen molar-refractivity contribution in [2.45, 2.75) is 63.8 Å². The molecule has 0 saturated heterocycles. The van der Waals surface area contributed by atoms with Crippen LogP contribution in [0.3, 0.4) is 0 Å². The molecule has 0 unspecified atom stereocenters. The van der Waals surface area contributed by atoms with Crippen LogP contribution in [0.1, 0.15) is 56.9 Å². The molecule has 2 nitrogen and oxygen atoms in total. The lowest BCUT2D eigenvalue weighted by molar-refractivity contribution is 0.100. The Labute approximate surface area is 122 Å². The van der Waals surface area contributed by atoms with Gasteiger partial charge in [-0.2, -0.15) is 0 Å². The zero-order valence-corrected chi connectivity index (χ0v) is 12.6. The molecule has 110 valence electrons. The molecule has 0 atom stereocenters. The van der Waals surface area contributed by atoms with Crippen molar-refractivity contribution in [3.8, 4) is 0 Å². The summed E-state index contributed by atoms with van der Waals surface area (Å²) in [4.78, 5) is 0. The molecule has 1 aromatic rings. The van der Waals surface area contributed by atoms with Crippen molar-refractivity contribution in [2.75, 3.05) is 11.9 Å². The first-order chi connectivity index (χ1) is 9.65. The average Bonchev–Trinajstić information content (AvgIpc) is 2.93. The molecule has 2 saturated carbocycles. The summed E-state index contributed by atoms with van der Waals surface area (Å²) in [5, 5.41) is 13.6. The van der Waals surface area contributed by atoms with Crippen LogP contribution in [0.5, 0.6) is 0 Å². The highest BCUT2D eigenvalue weighted by Crippen LogP contribution is 2.51. The van der Waals surface area contributed by atoms with Crippen molar-refractivity contribution < 1.29 is 5.11 Å². The first-order valence-corrected chi connectivity index (χ1v) is 8.11. The molecule has 0 amide bonds. The SMILES string of the molecule is Cc1ccc(NC2(CO)CCC3(CCCC3)CC2)cc1. The minimum absolute atomic E-state index is 0.0941. The van der Waals surface area contributed by atoms with E-state index in [2.05, 4.69) is 36.5 Å². The van der Waals surface area contributed by atoms with Crippen molar-refractivity contribution in [3.05, 3.63) is 29.8 Å². The summed E-state index contributed by atoms with van der Waals surface area (Å²) in [6.45, 7) is 2.35. The van der Waals surface area contributed by atoms with Gasteiger partial charge in [0.1, 0.15) is 0 Å². The number of nitrogens with one attached hydrogen (secondary N) is 1. The maximum atomic E-state index is 9.93. The highest BCUT2D eigenvalue weighted by Gasteiger charge is 2.43. The summed E-state index contributed by atoms with van der Waals surface area (Å²) in [7, 11) is 0. The summed E-state index contributed by atoms with van der Waals surface area (Å²) in [6.07, 6.45) is 10.4. The monoisotopic (exact) mass is 273 g/mol. The number of aryl methyl sites for hydroxylation is 1. The van der Waals surface area contributed by atoms with Gasteiger partial charge in [-0.1, -0.05) is 30.5 Å². The lowest BCUT2D eigenvalue weighted by Gasteiger charge is -2.45. The Kier molecular flexibility index (Phi) is 3.76. The van der Waals surface area contributed by atoms with Crippen LogP contribution in [0.15, 0.2) is 24.3 Å². The Morgan fingerprint density at radius 1 is 0.950 bits per heavy atom. The van der Waals surface area contributed by atoms with E-state index in [-0.39, 0.29) is 12.1 Å². The maximum Gasteiger partial charge on any atom is 0.0661 e. The van der Waals surface area contributed by atoms with Crippen molar-refractivity contribution >= 4 is 5.69 Å². The third-order valence-corrected chi connectivity index (χ3v) is 5.70. The highest BCUT2D eigenvalue weighted by molar-refractivity contribution is 5.47. The predicted octanol–water partition coefficient (Wildman–Crippen LogP) is 4.27. The first-order valence-electron chi connectivity index (χ1n) is 8.11.